The summed E-state index contributed by atoms with van der Waals surface area (Å²) in [6.07, 6.45) is 3.26. The van der Waals surface area contributed by atoms with Crippen molar-refractivity contribution in [1.29, 1.82) is 0 Å². The number of anilines is 2. The molecule has 10 heteroatoms. The summed E-state index contributed by atoms with van der Waals surface area (Å²) in [5, 5.41) is 4.10. The number of aromatic nitrogens is 3. The minimum absolute atomic E-state index is 0.0329. The molecule has 0 aliphatic carbocycles. The Morgan fingerprint density at radius 1 is 1.14 bits per heavy atom. The van der Waals surface area contributed by atoms with Crippen molar-refractivity contribution in [2.45, 2.75) is 6.92 Å². The first-order valence-electron chi connectivity index (χ1n) is 9.12. The van der Waals surface area contributed by atoms with Gasteiger partial charge in [-0.1, -0.05) is 6.07 Å². The average molecular weight is 419 g/mol. The van der Waals surface area contributed by atoms with Crippen LogP contribution in [0, 0.1) is 6.92 Å². The molecular weight excluding hydrogens is 396 g/mol. The fourth-order valence-corrected chi connectivity index (χ4v) is 5.47. The Morgan fingerprint density at radius 2 is 1.96 bits per heavy atom. The first kappa shape index (κ1) is 19.0. The van der Waals surface area contributed by atoms with Gasteiger partial charge in [0.1, 0.15) is 22.8 Å². The van der Waals surface area contributed by atoms with E-state index in [1.165, 1.54) is 6.33 Å². The molecule has 8 nitrogen and oxygen atoms in total. The van der Waals surface area contributed by atoms with Gasteiger partial charge in [-0.3, -0.25) is 0 Å². The van der Waals surface area contributed by atoms with E-state index in [4.69, 9.17) is 0 Å². The molecule has 1 aliphatic rings. The van der Waals surface area contributed by atoms with Crippen molar-refractivity contribution in [2.24, 2.45) is 0 Å². The number of pyridine rings is 1. The number of thiophene rings is 1. The Balaban J connectivity index is 1.33. The molecule has 0 radical (unpaired) electrons. The van der Waals surface area contributed by atoms with E-state index in [0.717, 1.165) is 20.9 Å². The van der Waals surface area contributed by atoms with Gasteiger partial charge in [-0.2, -0.15) is 4.31 Å². The highest BCUT2D eigenvalue weighted by Crippen LogP contribution is 2.27. The van der Waals surface area contributed by atoms with Gasteiger partial charge in [0.2, 0.25) is 10.0 Å². The fraction of sp³-hybridized carbons (Fsp3) is 0.389. The van der Waals surface area contributed by atoms with E-state index >= 15 is 0 Å². The Hall–Kier alpha value is -2.30. The van der Waals surface area contributed by atoms with Crippen LogP contribution in [0.1, 0.15) is 4.88 Å². The molecule has 4 heterocycles. The van der Waals surface area contributed by atoms with E-state index in [9.17, 15) is 8.42 Å². The van der Waals surface area contributed by atoms with Gasteiger partial charge in [-0.15, -0.1) is 11.3 Å². The van der Waals surface area contributed by atoms with Crippen LogP contribution in [0.2, 0.25) is 0 Å². The Morgan fingerprint density at radius 3 is 2.71 bits per heavy atom. The second-order valence-electron chi connectivity index (χ2n) is 6.61. The fourth-order valence-electron chi connectivity index (χ4n) is 3.28. The van der Waals surface area contributed by atoms with Crippen LogP contribution < -0.4 is 10.2 Å². The molecule has 0 unspecified atom stereocenters. The number of aryl methyl sites for hydroxylation is 1. The Kier molecular flexibility index (Phi) is 5.42. The lowest BCUT2D eigenvalue weighted by Gasteiger charge is -2.34. The first-order chi connectivity index (χ1) is 13.5. The third-order valence-electron chi connectivity index (χ3n) is 4.71. The van der Waals surface area contributed by atoms with Crippen LogP contribution in [0.25, 0.3) is 10.2 Å². The maximum Gasteiger partial charge on any atom is 0.215 e. The number of nitrogens with zero attached hydrogens (tertiary/aromatic N) is 5. The molecule has 1 fully saturated rings. The van der Waals surface area contributed by atoms with Crippen molar-refractivity contribution in [3.05, 3.63) is 41.7 Å². The number of sulfonamides is 1. The molecule has 28 heavy (non-hydrogen) atoms. The number of hydrogen-bond donors (Lipinski definition) is 1. The van der Waals surface area contributed by atoms with E-state index in [-0.39, 0.29) is 5.75 Å². The highest BCUT2D eigenvalue weighted by atomic mass is 32.2. The maximum atomic E-state index is 12.7. The zero-order chi connectivity index (χ0) is 19.6. The predicted molar refractivity (Wildman–Crippen MR) is 112 cm³/mol. The quantitative estimate of drug-likeness (QED) is 0.654. The number of fused-ring (bicyclic) bond motifs is 1. The molecule has 0 saturated carbocycles. The second kappa shape index (κ2) is 7.98. The second-order valence-corrected chi connectivity index (χ2v) is 9.94. The lowest BCUT2D eigenvalue weighted by atomic mass is 10.3. The van der Waals surface area contributed by atoms with Crippen LogP contribution in [0.4, 0.5) is 11.6 Å². The summed E-state index contributed by atoms with van der Waals surface area (Å²) in [7, 11) is -3.32. The lowest BCUT2D eigenvalue weighted by Crippen LogP contribution is -2.50. The number of piperazine rings is 1. The van der Waals surface area contributed by atoms with Crippen molar-refractivity contribution >= 4 is 43.2 Å². The molecule has 1 N–H and O–H groups in total. The molecule has 1 saturated heterocycles. The Labute approximate surface area is 168 Å². The van der Waals surface area contributed by atoms with Gasteiger partial charge >= 0.3 is 0 Å². The first-order valence-corrected chi connectivity index (χ1v) is 11.5. The van der Waals surface area contributed by atoms with Gasteiger partial charge in [0, 0.05) is 43.8 Å². The van der Waals surface area contributed by atoms with Crippen LogP contribution in [0.5, 0.6) is 0 Å². The Bertz CT molecular complexity index is 1050. The third-order valence-corrected chi connectivity index (χ3v) is 7.54. The smallest absolute Gasteiger partial charge is 0.215 e. The normalized spacial score (nSPS) is 15.8. The molecule has 3 aromatic heterocycles. The number of rotatable bonds is 6. The van der Waals surface area contributed by atoms with Gasteiger partial charge < -0.3 is 10.2 Å². The summed E-state index contributed by atoms with van der Waals surface area (Å²) in [5.74, 6) is 1.61. The molecule has 0 atom stereocenters. The zero-order valence-corrected chi connectivity index (χ0v) is 17.2. The van der Waals surface area contributed by atoms with Crippen molar-refractivity contribution in [2.75, 3.05) is 48.7 Å². The zero-order valence-electron chi connectivity index (χ0n) is 15.6. The number of nitrogens with one attached hydrogen (secondary N) is 1. The van der Waals surface area contributed by atoms with Crippen molar-refractivity contribution < 1.29 is 8.42 Å². The predicted octanol–water partition coefficient (Wildman–Crippen LogP) is 1.96. The van der Waals surface area contributed by atoms with Gasteiger partial charge in [-0.05, 0) is 25.1 Å². The minimum atomic E-state index is -3.32. The van der Waals surface area contributed by atoms with Crippen LogP contribution in [-0.2, 0) is 10.0 Å². The summed E-state index contributed by atoms with van der Waals surface area (Å²) in [6, 6.07) is 7.78. The molecule has 0 spiro atoms. The standard InChI is InChI=1S/C18H22N6O2S2/c1-14-12-15-17(21-13-22-18(15)27-14)20-6-11-28(25,26)24-9-7-23(8-10-24)16-4-2-3-5-19-16/h2-5,12-13H,6-11H2,1H3,(H,20,21,22). The van der Waals surface area contributed by atoms with Gasteiger partial charge in [0.05, 0.1) is 11.1 Å². The van der Waals surface area contributed by atoms with E-state index < -0.39 is 10.0 Å². The van der Waals surface area contributed by atoms with Crippen LogP contribution in [-0.4, -0.2) is 66.2 Å². The highest BCUT2D eigenvalue weighted by Gasteiger charge is 2.27. The molecule has 0 bridgehead atoms. The number of hydrogen-bond acceptors (Lipinski definition) is 8. The van der Waals surface area contributed by atoms with E-state index in [2.05, 4.69) is 25.2 Å². The van der Waals surface area contributed by atoms with Crippen LogP contribution in [0.15, 0.2) is 36.8 Å². The van der Waals surface area contributed by atoms with E-state index in [0.29, 0.717) is 38.5 Å². The molecule has 4 rings (SSSR count). The van der Waals surface area contributed by atoms with Gasteiger partial charge in [0.25, 0.3) is 0 Å². The van der Waals surface area contributed by atoms with Gasteiger partial charge in [0.15, 0.2) is 0 Å². The summed E-state index contributed by atoms with van der Waals surface area (Å²) in [6.45, 7) is 4.56. The molecule has 1 aliphatic heterocycles. The van der Waals surface area contributed by atoms with Crippen molar-refractivity contribution in [3.8, 4) is 0 Å². The summed E-state index contributed by atoms with van der Waals surface area (Å²) in [5.41, 5.74) is 0. The summed E-state index contributed by atoms with van der Waals surface area (Å²) < 4.78 is 27.0. The highest BCUT2D eigenvalue weighted by molar-refractivity contribution is 7.89. The van der Waals surface area contributed by atoms with Crippen molar-refractivity contribution in [3.63, 3.8) is 0 Å². The lowest BCUT2D eigenvalue weighted by molar-refractivity contribution is 0.384. The average Bonchev–Trinajstić information content (AvgIpc) is 3.10. The van der Waals surface area contributed by atoms with Crippen LogP contribution in [0.3, 0.4) is 0 Å². The molecule has 148 valence electrons. The topological polar surface area (TPSA) is 91.3 Å². The van der Waals surface area contributed by atoms with Crippen LogP contribution >= 0.6 is 11.3 Å². The van der Waals surface area contributed by atoms with Gasteiger partial charge in [-0.25, -0.2) is 23.4 Å². The summed E-state index contributed by atoms with van der Waals surface area (Å²) >= 11 is 1.60. The third kappa shape index (κ3) is 4.08. The molecular formula is C18H22N6O2S2. The van der Waals surface area contributed by atoms with E-state index in [1.54, 1.807) is 21.8 Å². The maximum absolute atomic E-state index is 12.7. The largest absolute Gasteiger partial charge is 0.368 e. The summed E-state index contributed by atoms with van der Waals surface area (Å²) in [4.78, 5) is 17.0. The van der Waals surface area contributed by atoms with E-state index in [1.807, 2.05) is 31.2 Å². The minimum Gasteiger partial charge on any atom is -0.368 e. The molecule has 0 amide bonds. The monoisotopic (exact) mass is 418 g/mol. The van der Waals surface area contributed by atoms with Crippen molar-refractivity contribution in [1.82, 2.24) is 19.3 Å². The molecule has 0 aromatic carbocycles. The molecule has 3 aromatic rings. The SMILES string of the molecule is Cc1cc2c(NCCS(=O)(=O)N3CCN(c4ccccn4)CC3)ncnc2s1.